The molecule has 0 aliphatic carbocycles. The monoisotopic (exact) mass is 292 g/mol. The van der Waals surface area contributed by atoms with Gasteiger partial charge in [0.25, 0.3) is 0 Å². The Labute approximate surface area is 115 Å². The average Bonchev–Trinajstić information content (AvgIpc) is 2.24. The van der Waals surface area contributed by atoms with Crippen molar-refractivity contribution in [3.8, 4) is 0 Å². The third-order valence-corrected chi connectivity index (χ3v) is 3.78. The summed E-state index contributed by atoms with van der Waals surface area (Å²) in [6.45, 7) is 4.75. The van der Waals surface area contributed by atoms with E-state index in [1.807, 2.05) is 13.8 Å². The molecule has 1 saturated heterocycles. The van der Waals surface area contributed by atoms with Crippen LogP contribution in [-0.4, -0.2) is 55.8 Å². The summed E-state index contributed by atoms with van der Waals surface area (Å²) >= 11 is 0. The van der Waals surface area contributed by atoms with Crippen molar-refractivity contribution in [1.29, 1.82) is 0 Å². The van der Waals surface area contributed by atoms with Crippen molar-refractivity contribution < 1.29 is 18.3 Å². The molecule has 1 amide bonds. The number of carbonyl (C=O) groups excluding carboxylic acids is 1. The highest BCUT2D eigenvalue weighted by atomic mass is 32.2. The molecule has 1 heterocycles. The minimum atomic E-state index is -3.43. The smallest absolute Gasteiger partial charge is 0.240 e. The molecule has 7 heteroatoms. The van der Waals surface area contributed by atoms with Gasteiger partial charge in [-0.15, -0.1) is 0 Å². The molecule has 0 saturated carbocycles. The van der Waals surface area contributed by atoms with Crippen molar-refractivity contribution in [2.45, 2.75) is 45.3 Å². The van der Waals surface area contributed by atoms with Gasteiger partial charge in [0.15, 0.2) is 0 Å². The number of aliphatic hydroxyl groups excluding tert-OH is 1. The Morgan fingerprint density at radius 3 is 2.58 bits per heavy atom. The number of β-amino-alcohol motifs (C(OH)–C–C–N with tert-alkyl or cyclic N) is 1. The number of hydrogen-bond acceptors (Lipinski definition) is 4. The predicted molar refractivity (Wildman–Crippen MR) is 73.0 cm³/mol. The molecule has 2 N–H and O–H groups in total. The number of hydrogen-bond donors (Lipinski definition) is 2. The Balaban J connectivity index is 2.75. The van der Waals surface area contributed by atoms with Crippen molar-refractivity contribution >= 4 is 15.9 Å². The molecule has 0 radical (unpaired) electrons. The van der Waals surface area contributed by atoms with Crippen LogP contribution in [0, 0.1) is 5.92 Å². The van der Waals surface area contributed by atoms with E-state index >= 15 is 0 Å². The Morgan fingerprint density at radius 2 is 2.11 bits per heavy atom. The summed E-state index contributed by atoms with van der Waals surface area (Å²) in [7, 11) is -3.43. The fraction of sp³-hybridized carbons (Fsp3) is 0.917. The van der Waals surface area contributed by atoms with Crippen LogP contribution in [0.15, 0.2) is 0 Å². The van der Waals surface area contributed by atoms with Gasteiger partial charge in [0, 0.05) is 13.1 Å². The van der Waals surface area contributed by atoms with Gasteiger partial charge < -0.3 is 10.0 Å². The molecule has 1 aliphatic rings. The van der Waals surface area contributed by atoms with Gasteiger partial charge in [0.1, 0.15) is 6.04 Å². The molecule has 6 nitrogen and oxygen atoms in total. The standard InChI is InChI=1S/C12H24N2O4S/c1-9(2)7-11(13-19(3,17)18)12(16)14-6-4-5-10(15)8-14/h9-11,13,15H,4-8H2,1-3H3/t10-,11?/m0/s1. The molecule has 1 unspecified atom stereocenters. The Kier molecular flexibility index (Phi) is 5.76. The highest BCUT2D eigenvalue weighted by Crippen LogP contribution is 2.14. The summed E-state index contributed by atoms with van der Waals surface area (Å²) in [5.41, 5.74) is 0. The number of aliphatic hydroxyl groups is 1. The molecule has 0 spiro atoms. The third kappa shape index (κ3) is 5.88. The Hall–Kier alpha value is -0.660. The zero-order chi connectivity index (χ0) is 14.6. The van der Waals surface area contributed by atoms with Gasteiger partial charge in [-0.2, -0.15) is 0 Å². The lowest BCUT2D eigenvalue weighted by Gasteiger charge is -2.33. The van der Waals surface area contributed by atoms with Gasteiger partial charge in [-0.1, -0.05) is 13.8 Å². The van der Waals surface area contributed by atoms with Crippen LogP contribution in [0.4, 0.5) is 0 Å². The van der Waals surface area contributed by atoms with E-state index in [1.165, 1.54) is 0 Å². The molecule has 1 rings (SSSR count). The van der Waals surface area contributed by atoms with E-state index in [4.69, 9.17) is 0 Å². The van der Waals surface area contributed by atoms with Crippen molar-refractivity contribution in [3.05, 3.63) is 0 Å². The van der Waals surface area contributed by atoms with Crippen LogP contribution in [0.5, 0.6) is 0 Å². The van der Waals surface area contributed by atoms with E-state index in [2.05, 4.69) is 4.72 Å². The first kappa shape index (κ1) is 16.4. The van der Waals surface area contributed by atoms with Crippen LogP contribution in [0.25, 0.3) is 0 Å². The highest BCUT2D eigenvalue weighted by Gasteiger charge is 2.30. The third-order valence-electron chi connectivity index (χ3n) is 3.07. The van der Waals surface area contributed by atoms with Gasteiger partial charge in [0.05, 0.1) is 12.4 Å². The summed E-state index contributed by atoms with van der Waals surface area (Å²) in [6.07, 6.45) is 2.45. The lowest BCUT2D eigenvalue weighted by atomic mass is 10.0. The van der Waals surface area contributed by atoms with Gasteiger partial charge in [-0.05, 0) is 25.2 Å². The van der Waals surface area contributed by atoms with Crippen LogP contribution < -0.4 is 4.72 Å². The number of likely N-dealkylation sites (tertiary alicyclic amines) is 1. The lowest BCUT2D eigenvalue weighted by molar-refractivity contribution is -0.136. The SMILES string of the molecule is CC(C)CC(NS(C)(=O)=O)C(=O)N1CCC[C@H](O)C1. The molecule has 0 bridgehead atoms. The van der Waals surface area contributed by atoms with Crippen LogP contribution in [0.1, 0.15) is 33.1 Å². The number of carbonyl (C=O) groups is 1. The number of sulfonamides is 1. The van der Waals surface area contributed by atoms with Gasteiger partial charge in [-0.3, -0.25) is 4.79 Å². The van der Waals surface area contributed by atoms with Crippen LogP contribution in [-0.2, 0) is 14.8 Å². The maximum absolute atomic E-state index is 12.3. The Bertz CT molecular complexity index is 408. The second-order valence-corrected chi connectivity index (χ2v) is 7.43. The number of amides is 1. The summed E-state index contributed by atoms with van der Waals surface area (Å²) in [6, 6.07) is -0.736. The van der Waals surface area contributed by atoms with E-state index in [0.717, 1.165) is 12.7 Å². The fourth-order valence-electron chi connectivity index (χ4n) is 2.30. The minimum Gasteiger partial charge on any atom is -0.391 e. The van der Waals surface area contributed by atoms with Gasteiger partial charge >= 0.3 is 0 Å². The summed E-state index contributed by atoms with van der Waals surface area (Å²) in [4.78, 5) is 13.9. The molecule has 1 aliphatic heterocycles. The molecule has 2 atom stereocenters. The number of nitrogens with one attached hydrogen (secondary N) is 1. The lowest BCUT2D eigenvalue weighted by Crippen LogP contribution is -2.52. The summed E-state index contributed by atoms with van der Waals surface area (Å²) < 4.78 is 25.1. The van der Waals surface area contributed by atoms with Crippen molar-refractivity contribution in [2.24, 2.45) is 5.92 Å². The maximum Gasteiger partial charge on any atom is 0.240 e. The first-order valence-corrected chi connectivity index (χ1v) is 8.52. The zero-order valence-corrected chi connectivity index (χ0v) is 12.6. The zero-order valence-electron chi connectivity index (χ0n) is 11.8. The highest BCUT2D eigenvalue weighted by molar-refractivity contribution is 7.88. The van der Waals surface area contributed by atoms with Crippen LogP contribution >= 0.6 is 0 Å². The molecule has 19 heavy (non-hydrogen) atoms. The second kappa shape index (κ2) is 6.67. The molecule has 112 valence electrons. The van der Waals surface area contributed by atoms with E-state index < -0.39 is 22.2 Å². The summed E-state index contributed by atoms with van der Waals surface area (Å²) in [5, 5.41) is 9.59. The van der Waals surface area contributed by atoms with E-state index in [-0.39, 0.29) is 11.8 Å². The fourth-order valence-corrected chi connectivity index (χ4v) is 3.02. The maximum atomic E-state index is 12.3. The quantitative estimate of drug-likeness (QED) is 0.743. The molecule has 0 aromatic carbocycles. The van der Waals surface area contributed by atoms with Gasteiger partial charge in [0.2, 0.25) is 15.9 Å². The Morgan fingerprint density at radius 1 is 1.47 bits per heavy atom. The second-order valence-electron chi connectivity index (χ2n) is 5.65. The molecule has 0 aromatic rings. The topological polar surface area (TPSA) is 86.7 Å². The molecular formula is C12H24N2O4S. The van der Waals surface area contributed by atoms with Crippen molar-refractivity contribution in [1.82, 2.24) is 9.62 Å². The van der Waals surface area contributed by atoms with Crippen molar-refractivity contribution in [2.75, 3.05) is 19.3 Å². The normalized spacial score (nSPS) is 22.6. The van der Waals surface area contributed by atoms with Crippen LogP contribution in [0.2, 0.25) is 0 Å². The molecule has 1 fully saturated rings. The average molecular weight is 292 g/mol. The minimum absolute atomic E-state index is 0.206. The first-order valence-electron chi connectivity index (χ1n) is 6.63. The largest absolute Gasteiger partial charge is 0.391 e. The number of piperidine rings is 1. The van der Waals surface area contributed by atoms with Crippen molar-refractivity contribution in [3.63, 3.8) is 0 Å². The van der Waals surface area contributed by atoms with Crippen LogP contribution in [0.3, 0.4) is 0 Å². The van der Waals surface area contributed by atoms with E-state index in [9.17, 15) is 18.3 Å². The van der Waals surface area contributed by atoms with E-state index in [0.29, 0.717) is 25.9 Å². The molecular weight excluding hydrogens is 268 g/mol. The predicted octanol–water partition coefficient (Wildman–Crippen LogP) is -0.0664. The van der Waals surface area contributed by atoms with Gasteiger partial charge in [-0.25, -0.2) is 13.1 Å². The van der Waals surface area contributed by atoms with E-state index in [1.54, 1.807) is 4.90 Å². The summed E-state index contributed by atoms with van der Waals surface area (Å²) in [5.74, 6) is -0.0317. The molecule has 0 aromatic heterocycles. The number of nitrogens with zero attached hydrogens (tertiary/aromatic N) is 1. The number of rotatable bonds is 5. The first-order chi connectivity index (χ1) is 8.69.